The van der Waals surface area contributed by atoms with Crippen LogP contribution in [0.4, 0.5) is 20.2 Å². The molecule has 0 radical (unpaired) electrons. The molecule has 1 nitrogen and oxygen atoms in total. The molecule has 1 aliphatic carbocycles. The van der Waals surface area contributed by atoms with Crippen LogP contribution in [0.5, 0.6) is 0 Å². The van der Waals surface area contributed by atoms with E-state index in [1.165, 1.54) is 22.8 Å². The summed E-state index contributed by atoms with van der Waals surface area (Å²) in [6, 6.07) is 34.7. The van der Waals surface area contributed by atoms with Crippen molar-refractivity contribution in [2.75, 3.05) is 4.90 Å². The molecule has 39 heavy (non-hydrogen) atoms. The van der Waals surface area contributed by atoms with Gasteiger partial charge in [0.25, 0.3) is 0 Å². The lowest BCUT2D eigenvalue weighted by molar-refractivity contribution is 0.604. The highest BCUT2D eigenvalue weighted by molar-refractivity contribution is 5.91. The molecule has 194 valence electrons. The Balaban J connectivity index is 1.63. The van der Waals surface area contributed by atoms with E-state index in [0.29, 0.717) is 16.9 Å². The van der Waals surface area contributed by atoms with Crippen molar-refractivity contribution in [3.63, 3.8) is 0 Å². The fourth-order valence-electron chi connectivity index (χ4n) is 6.07. The maximum absolute atomic E-state index is 16.8. The van der Waals surface area contributed by atoms with Crippen molar-refractivity contribution in [2.45, 2.75) is 39.2 Å². The number of rotatable bonds is 5. The van der Waals surface area contributed by atoms with Gasteiger partial charge in [-0.3, -0.25) is 0 Å². The number of benzene rings is 5. The first-order valence-corrected chi connectivity index (χ1v) is 13.5. The molecule has 0 atom stereocenters. The Morgan fingerprint density at radius 3 is 1.97 bits per heavy atom. The first kappa shape index (κ1) is 25.1. The van der Waals surface area contributed by atoms with E-state index in [1.54, 1.807) is 23.1 Å². The summed E-state index contributed by atoms with van der Waals surface area (Å²) < 4.78 is 32.0. The molecule has 0 saturated heterocycles. The van der Waals surface area contributed by atoms with E-state index in [-0.39, 0.29) is 23.1 Å². The quantitative estimate of drug-likeness (QED) is 0.225. The summed E-state index contributed by atoms with van der Waals surface area (Å²) in [6.45, 7) is 8.42. The Kier molecular flexibility index (Phi) is 6.10. The van der Waals surface area contributed by atoms with Crippen molar-refractivity contribution in [1.29, 1.82) is 0 Å². The van der Waals surface area contributed by atoms with Crippen LogP contribution in [0, 0.1) is 11.6 Å². The predicted molar refractivity (Wildman–Crippen MR) is 159 cm³/mol. The molecule has 3 heteroatoms. The highest BCUT2D eigenvalue weighted by Gasteiger charge is 2.35. The van der Waals surface area contributed by atoms with Gasteiger partial charge in [-0.25, -0.2) is 8.78 Å². The lowest BCUT2D eigenvalue weighted by Gasteiger charge is -2.32. The van der Waals surface area contributed by atoms with Gasteiger partial charge >= 0.3 is 0 Å². The zero-order chi connectivity index (χ0) is 27.3. The van der Waals surface area contributed by atoms with Crippen molar-refractivity contribution < 1.29 is 8.78 Å². The SMILES string of the molecule is CC(C)N(c1ccccc1F)c1c(-c2ccc3c(c2)-c2ccccc2C3(C)C)ccc(-c2ccccc2)c1F. The smallest absolute Gasteiger partial charge is 0.155 e. The minimum absolute atomic E-state index is 0.118. The molecular weight excluding hydrogens is 484 g/mol. The average Bonchev–Trinajstić information content (AvgIpc) is 3.17. The number of anilines is 2. The van der Waals surface area contributed by atoms with E-state index in [9.17, 15) is 0 Å². The third-order valence-corrected chi connectivity index (χ3v) is 7.96. The molecule has 0 unspecified atom stereocenters. The van der Waals surface area contributed by atoms with E-state index in [4.69, 9.17) is 0 Å². The van der Waals surface area contributed by atoms with Gasteiger partial charge in [0.15, 0.2) is 5.82 Å². The number of fused-ring (bicyclic) bond motifs is 3. The lowest BCUT2D eigenvalue weighted by atomic mass is 9.82. The minimum atomic E-state index is -0.383. The van der Waals surface area contributed by atoms with Crippen LogP contribution in [0.2, 0.25) is 0 Å². The number of halogens is 2. The maximum Gasteiger partial charge on any atom is 0.155 e. The fraction of sp³-hybridized carbons (Fsp3) is 0.167. The summed E-state index contributed by atoms with van der Waals surface area (Å²) in [7, 11) is 0. The van der Waals surface area contributed by atoms with Crippen LogP contribution in [0.25, 0.3) is 33.4 Å². The monoisotopic (exact) mass is 515 g/mol. The van der Waals surface area contributed by atoms with Gasteiger partial charge in [0.05, 0.1) is 11.4 Å². The second-order valence-corrected chi connectivity index (χ2v) is 11.0. The normalized spacial score (nSPS) is 13.3. The van der Waals surface area contributed by atoms with E-state index < -0.39 is 0 Å². The summed E-state index contributed by atoms with van der Waals surface area (Å²) in [5, 5.41) is 0. The second-order valence-electron chi connectivity index (χ2n) is 11.0. The molecule has 0 bridgehead atoms. The number of para-hydroxylation sites is 1. The third-order valence-electron chi connectivity index (χ3n) is 7.96. The van der Waals surface area contributed by atoms with Crippen molar-refractivity contribution in [1.82, 2.24) is 0 Å². The first-order valence-electron chi connectivity index (χ1n) is 13.5. The van der Waals surface area contributed by atoms with Gasteiger partial charge in [0.1, 0.15) is 5.82 Å². The van der Waals surface area contributed by atoms with Crippen LogP contribution in [0.15, 0.2) is 109 Å². The standard InChI is InChI=1S/C36H31F2N/c1-23(2)39(33-17-11-10-16-32(33)37)35-27(20-19-26(34(35)38)24-12-6-5-7-13-24)25-18-21-31-29(22-25)28-14-8-9-15-30(28)36(31,3)4/h5-23H,1-4H3. The van der Waals surface area contributed by atoms with Crippen molar-refractivity contribution in [3.8, 4) is 33.4 Å². The van der Waals surface area contributed by atoms with Crippen LogP contribution in [0.3, 0.4) is 0 Å². The molecule has 0 aromatic heterocycles. The number of hydrogen-bond donors (Lipinski definition) is 0. The van der Waals surface area contributed by atoms with Gasteiger partial charge in [0.2, 0.25) is 0 Å². The van der Waals surface area contributed by atoms with E-state index in [0.717, 1.165) is 22.3 Å². The molecular formula is C36H31F2N. The summed E-state index contributed by atoms with van der Waals surface area (Å²) in [6.07, 6.45) is 0. The molecule has 0 spiro atoms. The van der Waals surface area contributed by atoms with E-state index in [2.05, 4.69) is 56.3 Å². The number of nitrogens with zero attached hydrogens (tertiary/aromatic N) is 1. The van der Waals surface area contributed by atoms with Gasteiger partial charge < -0.3 is 4.90 Å². The second kappa shape index (κ2) is 9.50. The highest BCUT2D eigenvalue weighted by Crippen LogP contribution is 2.51. The molecule has 0 heterocycles. The molecule has 1 aliphatic rings. The van der Waals surface area contributed by atoms with E-state index in [1.807, 2.05) is 56.3 Å². The van der Waals surface area contributed by atoms with Gasteiger partial charge in [-0.05, 0) is 65.4 Å². The van der Waals surface area contributed by atoms with Gasteiger partial charge in [-0.2, -0.15) is 0 Å². The average molecular weight is 516 g/mol. The Labute approximate surface area is 229 Å². The lowest BCUT2D eigenvalue weighted by Crippen LogP contribution is -2.28. The molecule has 5 aromatic carbocycles. The zero-order valence-corrected chi connectivity index (χ0v) is 22.7. The Bertz CT molecular complexity index is 1680. The van der Waals surface area contributed by atoms with Gasteiger partial charge in [-0.1, -0.05) is 105 Å². The summed E-state index contributed by atoms with van der Waals surface area (Å²) in [4.78, 5) is 1.79. The molecule has 6 rings (SSSR count). The summed E-state index contributed by atoms with van der Waals surface area (Å²) in [5.74, 6) is -0.747. The van der Waals surface area contributed by atoms with Crippen LogP contribution in [-0.4, -0.2) is 6.04 Å². The third kappa shape index (κ3) is 4.04. The Morgan fingerprint density at radius 2 is 1.23 bits per heavy atom. The molecule has 5 aromatic rings. The van der Waals surface area contributed by atoms with E-state index >= 15 is 8.78 Å². The first-order chi connectivity index (χ1) is 18.8. The van der Waals surface area contributed by atoms with Crippen LogP contribution >= 0.6 is 0 Å². The van der Waals surface area contributed by atoms with Gasteiger partial charge in [-0.15, -0.1) is 0 Å². The minimum Gasteiger partial charge on any atom is -0.334 e. The van der Waals surface area contributed by atoms with Crippen molar-refractivity contribution >= 4 is 11.4 Å². The summed E-state index contributed by atoms with van der Waals surface area (Å²) >= 11 is 0. The zero-order valence-electron chi connectivity index (χ0n) is 22.7. The van der Waals surface area contributed by atoms with Crippen molar-refractivity contribution in [3.05, 3.63) is 132 Å². The molecule has 0 fully saturated rings. The number of hydrogen-bond acceptors (Lipinski definition) is 1. The molecule has 0 N–H and O–H groups in total. The topological polar surface area (TPSA) is 3.24 Å². The fourth-order valence-corrected chi connectivity index (χ4v) is 6.07. The maximum atomic E-state index is 16.8. The van der Waals surface area contributed by atoms with Crippen LogP contribution < -0.4 is 4.90 Å². The van der Waals surface area contributed by atoms with Crippen LogP contribution in [-0.2, 0) is 5.41 Å². The van der Waals surface area contributed by atoms with Crippen molar-refractivity contribution in [2.24, 2.45) is 0 Å². The predicted octanol–water partition coefficient (Wildman–Crippen LogP) is 10.2. The Hall–Kier alpha value is -4.24. The Morgan fingerprint density at radius 1 is 0.590 bits per heavy atom. The largest absolute Gasteiger partial charge is 0.334 e. The molecule has 0 aliphatic heterocycles. The van der Waals surface area contributed by atoms with Gasteiger partial charge in [0, 0.05) is 22.6 Å². The molecule has 0 saturated carbocycles. The van der Waals surface area contributed by atoms with Crippen LogP contribution in [0.1, 0.15) is 38.8 Å². The highest BCUT2D eigenvalue weighted by atomic mass is 19.1. The summed E-state index contributed by atoms with van der Waals surface area (Å²) in [5.41, 5.74) is 8.42. The molecule has 0 amide bonds.